The minimum absolute atomic E-state index is 0.0907. The van der Waals surface area contributed by atoms with Gasteiger partial charge in [-0.3, -0.25) is 19.2 Å². The van der Waals surface area contributed by atoms with Gasteiger partial charge >= 0.3 is 5.97 Å². The lowest BCUT2D eigenvalue weighted by Gasteiger charge is -2.22. The van der Waals surface area contributed by atoms with Crippen LogP contribution in [0.3, 0.4) is 0 Å². The Balaban J connectivity index is 1.68. The summed E-state index contributed by atoms with van der Waals surface area (Å²) in [5.74, 6) is -0.723. The quantitative estimate of drug-likeness (QED) is 0.255. The second kappa shape index (κ2) is 11.0. The number of ether oxygens (including phenoxy) is 1. The monoisotopic (exact) mass is 526 g/mol. The number of nitrogens with zero attached hydrogens (tertiary/aromatic N) is 3. The van der Waals surface area contributed by atoms with Crippen LogP contribution in [-0.2, 0) is 26.1 Å². The van der Waals surface area contributed by atoms with E-state index in [4.69, 9.17) is 11.6 Å². The molecule has 0 radical (unpaired) electrons. The molecule has 33 heavy (non-hydrogen) atoms. The number of esters is 1. The predicted molar refractivity (Wildman–Crippen MR) is 130 cm³/mol. The van der Waals surface area contributed by atoms with Gasteiger partial charge in [-0.1, -0.05) is 46.8 Å². The van der Waals surface area contributed by atoms with Crippen LogP contribution in [0.25, 0.3) is 0 Å². The molecule has 0 saturated heterocycles. The molecular formula is C20H19ClN4O5S3. The summed E-state index contributed by atoms with van der Waals surface area (Å²) in [6.45, 7) is 0.123. The summed E-state index contributed by atoms with van der Waals surface area (Å²) in [6.07, 6.45) is 1.12. The van der Waals surface area contributed by atoms with Gasteiger partial charge in [0.05, 0.1) is 31.4 Å². The Morgan fingerprint density at radius 1 is 1.12 bits per heavy atom. The SMILES string of the molecule is COC(=O)CSc1nnc(NC(=O)c2ccc(N(Cc3ccc(Cl)cc3)S(C)(=O)=O)cc2)s1. The molecule has 0 unspecified atom stereocenters. The number of methoxy groups -OCH3 is 1. The van der Waals surface area contributed by atoms with E-state index in [1.54, 1.807) is 36.4 Å². The fourth-order valence-corrected chi connectivity index (χ4v) is 5.20. The maximum atomic E-state index is 12.5. The normalized spacial score (nSPS) is 11.1. The van der Waals surface area contributed by atoms with Gasteiger partial charge in [-0.15, -0.1) is 10.2 Å². The second-order valence-corrected chi connectivity index (χ2v) is 11.2. The minimum atomic E-state index is -3.57. The lowest BCUT2D eigenvalue weighted by atomic mass is 10.2. The number of anilines is 2. The average Bonchev–Trinajstić information content (AvgIpc) is 3.23. The third-order valence-electron chi connectivity index (χ3n) is 4.23. The van der Waals surface area contributed by atoms with Crippen LogP contribution in [0.5, 0.6) is 0 Å². The minimum Gasteiger partial charge on any atom is -0.468 e. The Kier molecular flexibility index (Phi) is 8.30. The second-order valence-electron chi connectivity index (χ2n) is 6.64. The molecule has 1 heterocycles. The van der Waals surface area contributed by atoms with Crippen molar-refractivity contribution in [2.45, 2.75) is 10.9 Å². The first-order valence-electron chi connectivity index (χ1n) is 9.32. The van der Waals surface area contributed by atoms with Crippen molar-refractivity contribution in [2.24, 2.45) is 0 Å². The largest absolute Gasteiger partial charge is 0.468 e. The number of thioether (sulfide) groups is 1. The van der Waals surface area contributed by atoms with Gasteiger partial charge in [-0.25, -0.2) is 8.42 Å². The maximum Gasteiger partial charge on any atom is 0.316 e. The third kappa shape index (κ3) is 7.16. The zero-order valence-corrected chi connectivity index (χ0v) is 20.7. The molecule has 0 aliphatic rings. The number of nitrogens with one attached hydrogen (secondary N) is 1. The van der Waals surface area contributed by atoms with Crippen LogP contribution in [0.15, 0.2) is 52.9 Å². The molecule has 174 valence electrons. The van der Waals surface area contributed by atoms with Gasteiger partial charge in [-0.05, 0) is 42.0 Å². The zero-order chi connectivity index (χ0) is 24.0. The average molecular weight is 527 g/mol. The number of hydrogen-bond acceptors (Lipinski definition) is 9. The number of sulfonamides is 1. The third-order valence-corrected chi connectivity index (χ3v) is 7.56. The molecule has 0 aliphatic carbocycles. The van der Waals surface area contributed by atoms with Gasteiger partial charge in [0.15, 0.2) is 4.34 Å². The van der Waals surface area contributed by atoms with Crippen molar-refractivity contribution in [3.8, 4) is 0 Å². The summed E-state index contributed by atoms with van der Waals surface area (Å²) in [5, 5.41) is 11.3. The smallest absolute Gasteiger partial charge is 0.316 e. The Labute approximate surface area is 204 Å². The van der Waals surface area contributed by atoms with Gasteiger partial charge < -0.3 is 4.74 Å². The topological polar surface area (TPSA) is 119 Å². The molecular weight excluding hydrogens is 508 g/mol. The lowest BCUT2D eigenvalue weighted by Crippen LogP contribution is -2.29. The van der Waals surface area contributed by atoms with Gasteiger partial charge in [-0.2, -0.15) is 0 Å². The number of rotatable bonds is 9. The first-order chi connectivity index (χ1) is 15.7. The molecule has 1 N–H and O–H groups in total. The number of amides is 1. The highest BCUT2D eigenvalue weighted by atomic mass is 35.5. The summed E-state index contributed by atoms with van der Waals surface area (Å²) in [4.78, 5) is 23.7. The van der Waals surface area contributed by atoms with E-state index in [1.165, 1.54) is 23.5 Å². The number of carbonyl (C=O) groups is 2. The summed E-state index contributed by atoms with van der Waals surface area (Å²) in [6, 6.07) is 13.1. The van der Waals surface area contributed by atoms with Gasteiger partial charge in [0.1, 0.15) is 0 Å². The van der Waals surface area contributed by atoms with E-state index in [0.29, 0.717) is 20.6 Å². The first-order valence-corrected chi connectivity index (χ1v) is 13.4. The molecule has 0 fully saturated rings. The molecule has 3 rings (SSSR count). The van der Waals surface area contributed by atoms with Crippen molar-refractivity contribution < 1.29 is 22.7 Å². The predicted octanol–water partition coefficient (Wildman–Crippen LogP) is 3.68. The fourth-order valence-electron chi connectivity index (χ4n) is 2.60. The Bertz CT molecular complexity index is 1230. The maximum absolute atomic E-state index is 12.5. The fraction of sp³-hybridized carbons (Fsp3) is 0.200. The lowest BCUT2D eigenvalue weighted by molar-refractivity contribution is -0.137. The highest BCUT2D eigenvalue weighted by Gasteiger charge is 2.19. The number of hydrogen-bond donors (Lipinski definition) is 1. The van der Waals surface area contributed by atoms with Crippen molar-refractivity contribution in [3.05, 3.63) is 64.7 Å². The van der Waals surface area contributed by atoms with Gasteiger partial charge in [0.25, 0.3) is 5.91 Å². The van der Waals surface area contributed by atoms with Crippen LogP contribution in [-0.4, -0.2) is 49.6 Å². The molecule has 0 spiro atoms. The summed E-state index contributed by atoms with van der Waals surface area (Å²) < 4.78 is 31.0. The van der Waals surface area contributed by atoms with Crippen molar-refractivity contribution in [1.29, 1.82) is 0 Å². The highest BCUT2D eigenvalue weighted by Crippen LogP contribution is 2.26. The molecule has 3 aromatic rings. The zero-order valence-electron chi connectivity index (χ0n) is 17.5. The Hall–Kier alpha value is -2.67. The van der Waals surface area contributed by atoms with Crippen LogP contribution >= 0.6 is 34.7 Å². The van der Waals surface area contributed by atoms with E-state index in [2.05, 4.69) is 20.3 Å². The highest BCUT2D eigenvalue weighted by molar-refractivity contribution is 8.01. The molecule has 0 atom stereocenters. The van der Waals surface area contributed by atoms with Gasteiger partial charge in [0, 0.05) is 10.6 Å². The van der Waals surface area contributed by atoms with Crippen LogP contribution in [0.1, 0.15) is 15.9 Å². The van der Waals surface area contributed by atoms with Crippen molar-refractivity contribution in [3.63, 3.8) is 0 Å². The van der Waals surface area contributed by atoms with E-state index in [9.17, 15) is 18.0 Å². The molecule has 1 amide bonds. The first kappa shape index (κ1) is 25.0. The molecule has 2 aromatic carbocycles. The van der Waals surface area contributed by atoms with E-state index in [0.717, 1.165) is 34.9 Å². The number of aromatic nitrogens is 2. The number of benzene rings is 2. The van der Waals surface area contributed by atoms with E-state index in [1.807, 2.05) is 0 Å². The number of carbonyl (C=O) groups excluding carboxylic acids is 2. The summed E-state index contributed by atoms with van der Waals surface area (Å²) in [7, 11) is -2.27. The Morgan fingerprint density at radius 3 is 2.39 bits per heavy atom. The van der Waals surface area contributed by atoms with Crippen LogP contribution in [0, 0.1) is 0 Å². The molecule has 0 saturated carbocycles. The van der Waals surface area contributed by atoms with Crippen LogP contribution in [0.2, 0.25) is 5.02 Å². The van der Waals surface area contributed by atoms with Crippen molar-refractivity contribution in [2.75, 3.05) is 28.7 Å². The molecule has 0 aliphatic heterocycles. The standard InChI is InChI=1S/C20H19ClN4O5S3/c1-30-17(26)12-31-20-24-23-19(32-20)22-18(27)14-5-9-16(10-6-14)25(33(2,28)29)11-13-3-7-15(21)8-4-13/h3-10H,11-12H2,1-2H3,(H,22,23,27). The summed E-state index contributed by atoms with van der Waals surface area (Å²) >= 11 is 8.18. The molecule has 0 bridgehead atoms. The van der Waals surface area contributed by atoms with E-state index < -0.39 is 15.9 Å². The Morgan fingerprint density at radius 2 is 1.79 bits per heavy atom. The van der Waals surface area contributed by atoms with Gasteiger partial charge in [0.2, 0.25) is 15.2 Å². The van der Waals surface area contributed by atoms with Crippen molar-refractivity contribution >= 4 is 67.4 Å². The van der Waals surface area contributed by atoms with Crippen LogP contribution in [0.4, 0.5) is 10.8 Å². The van der Waals surface area contributed by atoms with E-state index in [-0.39, 0.29) is 23.4 Å². The number of halogens is 1. The van der Waals surface area contributed by atoms with Crippen molar-refractivity contribution in [1.82, 2.24) is 10.2 Å². The van der Waals surface area contributed by atoms with E-state index >= 15 is 0 Å². The summed E-state index contributed by atoms with van der Waals surface area (Å²) in [5.41, 5.74) is 1.50. The molecule has 13 heteroatoms. The molecule has 1 aromatic heterocycles. The van der Waals surface area contributed by atoms with Crippen LogP contribution < -0.4 is 9.62 Å². The molecule has 9 nitrogen and oxygen atoms in total.